The molecule has 1 spiro atoms. The number of fused-ring (bicyclic) bond motifs is 4. The smallest absolute Gasteiger partial charge is 0.325 e. The average molecular weight is 900 g/mol. The van der Waals surface area contributed by atoms with E-state index in [1.54, 1.807) is 18.4 Å². The number of esters is 1. The molecule has 2 N–H and O–H groups in total. The van der Waals surface area contributed by atoms with Crippen LogP contribution in [0.15, 0.2) is 47.2 Å². The number of ether oxygens (including phenoxy) is 2. The number of pyridine rings is 1. The summed E-state index contributed by atoms with van der Waals surface area (Å²) in [5.41, 5.74) is 9.78. The number of hydrazine groups is 1. The SMILES string of the molecule is CO[C@@H](C)c1ncccc1-c1c2c3cc(ccc3n1C1CN(C3CC3)C1)-c1coc(n1)[C@@H](N1CC3(CCN3C)C1)[C@H](NC(=O)C1[C@@H](C)[C@H]1C)C(=O)N1N[C@H](C(=O)OCC(C)(C)C2)C2CC1C2. The van der Waals surface area contributed by atoms with Crippen molar-refractivity contribution in [1.82, 2.24) is 45.0 Å². The molecule has 8 bridgehead atoms. The van der Waals surface area contributed by atoms with Gasteiger partial charge in [0.15, 0.2) is 0 Å². The van der Waals surface area contributed by atoms with Gasteiger partial charge in [0.1, 0.15) is 30.1 Å². The Morgan fingerprint density at radius 3 is 2.48 bits per heavy atom. The minimum Gasteiger partial charge on any atom is -0.464 e. The third-order valence-electron chi connectivity index (χ3n) is 17.5. The molecule has 3 aliphatic carbocycles. The zero-order valence-electron chi connectivity index (χ0n) is 39.5. The third-order valence-corrected chi connectivity index (χ3v) is 17.5. The molecule has 1 unspecified atom stereocenters. The summed E-state index contributed by atoms with van der Waals surface area (Å²) in [6.07, 6.45) is 8.88. The number of aromatic nitrogens is 3. The van der Waals surface area contributed by atoms with Gasteiger partial charge < -0.3 is 23.8 Å². The predicted molar refractivity (Wildman–Crippen MR) is 246 cm³/mol. The first-order valence-electron chi connectivity index (χ1n) is 24.6. The van der Waals surface area contributed by atoms with E-state index in [4.69, 9.17) is 23.9 Å². The Labute approximate surface area is 386 Å². The molecule has 15 nitrogen and oxygen atoms in total. The molecule has 1 aromatic carbocycles. The van der Waals surface area contributed by atoms with Gasteiger partial charge in [-0.15, -0.1) is 0 Å². The largest absolute Gasteiger partial charge is 0.464 e. The van der Waals surface area contributed by atoms with E-state index in [0.29, 0.717) is 50.0 Å². The molecule has 350 valence electrons. The van der Waals surface area contributed by atoms with Crippen LogP contribution < -0.4 is 10.7 Å². The molecule has 6 aliphatic heterocycles. The van der Waals surface area contributed by atoms with Crippen molar-refractivity contribution in [3.8, 4) is 22.5 Å². The van der Waals surface area contributed by atoms with Crippen molar-refractivity contribution >= 4 is 28.7 Å². The zero-order chi connectivity index (χ0) is 45.6. The molecule has 4 aromatic rings. The first-order chi connectivity index (χ1) is 31.7. The summed E-state index contributed by atoms with van der Waals surface area (Å²) in [5, 5.41) is 6.02. The molecule has 9 heterocycles. The molecular weight excluding hydrogens is 835 g/mol. The number of methoxy groups -OCH3 is 1. The maximum atomic E-state index is 15.3. The van der Waals surface area contributed by atoms with E-state index in [1.165, 1.54) is 12.8 Å². The number of nitrogens with zero attached hydrogens (tertiary/aromatic N) is 7. The minimum atomic E-state index is -1.02. The Hall–Kier alpha value is -4.67. The number of carbonyl (C=O) groups excluding carboxylic acids is 3. The van der Waals surface area contributed by atoms with Gasteiger partial charge in [-0.05, 0) is 100 Å². The second-order valence-corrected chi connectivity index (χ2v) is 22.3. The number of nitrogens with one attached hydrogen (secondary N) is 2. The molecule has 9 aliphatic rings. The fraction of sp³-hybridized carbons (Fsp3) is 0.627. The number of likely N-dealkylation sites (N-methyl/N-ethyl adjacent to an activating group) is 1. The quantitative estimate of drug-likeness (QED) is 0.215. The van der Waals surface area contributed by atoms with Crippen LogP contribution in [0, 0.1) is 29.1 Å². The van der Waals surface area contributed by atoms with E-state index >= 15 is 4.79 Å². The lowest BCUT2D eigenvalue weighted by atomic mass is 9.72. The standard InChI is InChI=1S/C51H65N9O6/c1-27-28(2)40(27)46(61)54-43-45(58-24-51(25-58)14-16-56(51)6)47-53-38(23-65-47)30-10-13-39-36(19-30)37(20-50(4,5)26-66-49(63)42-31-17-33(18-31)60(55-42)48(43)62)44(35-9-8-15-52-41(35)29(3)64-7)59(39)34-21-57(22-34)32-11-12-32/h8-10,13,15,19,23,27-29,31-34,40,42-43,45,55H,11-12,14,16-18,20-22,24-26H2,1-7H3,(H,54,61)/t27-,28+,29-,31?,33?,40?,42-,43-,45-/m0/s1. The molecular formula is C51H65N9O6. The van der Waals surface area contributed by atoms with Crippen LogP contribution in [0.4, 0.5) is 0 Å². The normalized spacial score (nSPS) is 32.4. The molecule has 3 saturated carbocycles. The van der Waals surface area contributed by atoms with E-state index < -0.39 is 23.5 Å². The highest BCUT2D eigenvalue weighted by molar-refractivity contribution is 5.95. The van der Waals surface area contributed by atoms with E-state index in [2.05, 4.69) is 89.0 Å². The highest BCUT2D eigenvalue weighted by Gasteiger charge is 2.59. The van der Waals surface area contributed by atoms with Crippen LogP contribution in [-0.4, -0.2) is 135 Å². The molecule has 2 amide bonds. The van der Waals surface area contributed by atoms with Crippen molar-refractivity contribution in [3.05, 3.63) is 59.9 Å². The first kappa shape index (κ1) is 42.7. The Morgan fingerprint density at radius 2 is 1.80 bits per heavy atom. The Morgan fingerprint density at radius 1 is 1.03 bits per heavy atom. The van der Waals surface area contributed by atoms with Crippen molar-refractivity contribution in [1.29, 1.82) is 0 Å². The highest BCUT2D eigenvalue weighted by Crippen LogP contribution is 2.49. The number of cyclic esters (lactones) is 1. The van der Waals surface area contributed by atoms with Crippen molar-refractivity contribution in [2.75, 3.05) is 53.5 Å². The average Bonchev–Trinajstić information content (AvgIpc) is 4.11. The summed E-state index contributed by atoms with van der Waals surface area (Å²) in [7, 11) is 3.89. The van der Waals surface area contributed by atoms with Gasteiger partial charge in [0.25, 0.3) is 5.91 Å². The fourth-order valence-electron chi connectivity index (χ4n) is 12.5. The molecule has 3 aromatic heterocycles. The Kier molecular flexibility index (Phi) is 9.97. The van der Waals surface area contributed by atoms with Crippen LogP contribution in [0.2, 0.25) is 0 Å². The third kappa shape index (κ3) is 6.80. The van der Waals surface area contributed by atoms with Crippen LogP contribution in [0.5, 0.6) is 0 Å². The van der Waals surface area contributed by atoms with Crippen molar-refractivity contribution in [2.24, 2.45) is 29.1 Å². The lowest BCUT2D eigenvalue weighted by molar-refractivity contribution is -0.175. The zero-order valence-corrected chi connectivity index (χ0v) is 39.5. The van der Waals surface area contributed by atoms with E-state index in [0.717, 1.165) is 65.0 Å². The number of benzene rings is 1. The summed E-state index contributed by atoms with van der Waals surface area (Å²) in [5.74, 6) is -0.0906. The topological polar surface area (TPSA) is 151 Å². The van der Waals surface area contributed by atoms with Crippen LogP contribution in [0.3, 0.4) is 0 Å². The summed E-state index contributed by atoms with van der Waals surface area (Å²) >= 11 is 0. The molecule has 66 heavy (non-hydrogen) atoms. The minimum absolute atomic E-state index is 0.0172. The number of likely N-dealkylation sites (tertiary alicyclic amines) is 3. The summed E-state index contributed by atoms with van der Waals surface area (Å²) in [6.45, 7) is 15.2. The number of amides is 2. The lowest BCUT2D eigenvalue weighted by Crippen LogP contribution is -2.78. The monoisotopic (exact) mass is 900 g/mol. The number of hydrogen-bond donors (Lipinski definition) is 2. The second kappa shape index (κ2) is 15.4. The molecule has 0 radical (unpaired) electrons. The van der Waals surface area contributed by atoms with Gasteiger partial charge in [-0.3, -0.25) is 39.1 Å². The van der Waals surface area contributed by atoms with Gasteiger partial charge in [0, 0.05) is 97.0 Å². The van der Waals surface area contributed by atoms with Gasteiger partial charge in [-0.2, -0.15) is 0 Å². The van der Waals surface area contributed by atoms with Crippen LogP contribution in [-0.2, 0) is 30.3 Å². The number of oxazole rings is 1. The molecule has 13 rings (SSSR count). The van der Waals surface area contributed by atoms with Gasteiger partial charge in [0.05, 0.1) is 30.1 Å². The summed E-state index contributed by atoms with van der Waals surface area (Å²) in [6, 6.07) is 9.23. The van der Waals surface area contributed by atoms with Gasteiger partial charge in [0.2, 0.25) is 11.8 Å². The predicted octanol–water partition coefficient (Wildman–Crippen LogP) is 5.52. The molecule has 7 atom stereocenters. The summed E-state index contributed by atoms with van der Waals surface area (Å²) in [4.78, 5) is 61.4. The Bertz CT molecular complexity index is 2590. The van der Waals surface area contributed by atoms with Crippen LogP contribution >= 0.6 is 0 Å². The maximum Gasteiger partial charge on any atom is 0.325 e. The van der Waals surface area contributed by atoms with E-state index in [1.807, 2.05) is 19.2 Å². The summed E-state index contributed by atoms with van der Waals surface area (Å²) < 4.78 is 21.4. The molecule has 8 fully saturated rings. The Balaban J connectivity index is 1.02. The van der Waals surface area contributed by atoms with Crippen molar-refractivity contribution < 1.29 is 28.3 Å². The van der Waals surface area contributed by atoms with Gasteiger partial charge in [-0.25, -0.2) is 10.4 Å². The van der Waals surface area contributed by atoms with Crippen LogP contribution in [0.1, 0.15) is 102 Å². The fourth-order valence-corrected chi connectivity index (χ4v) is 12.5. The molecule has 15 heteroatoms. The van der Waals surface area contributed by atoms with Crippen molar-refractivity contribution in [2.45, 2.75) is 121 Å². The van der Waals surface area contributed by atoms with Gasteiger partial charge in [-0.1, -0.05) is 33.8 Å². The number of carbonyl (C=O) groups is 3. The number of rotatable bonds is 8. The second-order valence-electron chi connectivity index (χ2n) is 22.3. The van der Waals surface area contributed by atoms with Gasteiger partial charge >= 0.3 is 5.97 Å². The van der Waals surface area contributed by atoms with E-state index in [9.17, 15) is 9.59 Å². The first-order valence-corrected chi connectivity index (χ1v) is 24.6. The maximum absolute atomic E-state index is 15.3. The molecule has 5 saturated heterocycles. The number of hydrogen-bond acceptors (Lipinski definition) is 12. The van der Waals surface area contributed by atoms with Crippen LogP contribution in [0.25, 0.3) is 33.4 Å². The van der Waals surface area contributed by atoms with Crippen molar-refractivity contribution in [3.63, 3.8) is 0 Å². The lowest BCUT2D eigenvalue weighted by Gasteiger charge is -2.63. The highest BCUT2D eigenvalue weighted by atomic mass is 16.5. The van der Waals surface area contributed by atoms with E-state index in [-0.39, 0.29) is 71.8 Å².